The normalized spacial score (nSPS) is 10.4. The second kappa shape index (κ2) is 5.57. The number of pyridine rings is 1. The van der Waals surface area contributed by atoms with Crippen molar-refractivity contribution in [1.29, 1.82) is 0 Å². The van der Waals surface area contributed by atoms with E-state index in [1.54, 1.807) is 6.20 Å². The Bertz CT molecular complexity index is 729. The van der Waals surface area contributed by atoms with Gasteiger partial charge in [0, 0.05) is 11.6 Å². The van der Waals surface area contributed by atoms with Crippen LogP contribution in [0.5, 0.6) is 5.75 Å². The van der Waals surface area contributed by atoms with Gasteiger partial charge in [0.15, 0.2) is 0 Å². The average Bonchev–Trinajstić information content (AvgIpc) is 2.53. The van der Waals surface area contributed by atoms with Crippen LogP contribution in [0.2, 0.25) is 0 Å². The summed E-state index contributed by atoms with van der Waals surface area (Å²) in [6.07, 6.45) is 1.78. The van der Waals surface area contributed by atoms with Crippen molar-refractivity contribution < 1.29 is 4.74 Å². The number of benzene rings is 2. The summed E-state index contributed by atoms with van der Waals surface area (Å²) in [4.78, 5) is 4.38. The minimum atomic E-state index is 0.458. The highest BCUT2D eigenvalue weighted by Gasteiger charge is 2.04. The van der Waals surface area contributed by atoms with E-state index in [-0.39, 0.29) is 0 Å². The molecule has 0 aliphatic carbocycles. The Morgan fingerprint density at radius 2 is 1.75 bits per heavy atom. The van der Waals surface area contributed by atoms with Gasteiger partial charge in [-0.25, -0.2) is 0 Å². The number of hydrogen-bond donors (Lipinski definition) is 0. The van der Waals surface area contributed by atoms with Crippen molar-refractivity contribution in [1.82, 2.24) is 4.98 Å². The van der Waals surface area contributed by atoms with Gasteiger partial charge < -0.3 is 4.74 Å². The van der Waals surface area contributed by atoms with Gasteiger partial charge in [0.2, 0.25) is 0 Å². The van der Waals surface area contributed by atoms with Crippen molar-refractivity contribution in [2.24, 2.45) is 0 Å². The summed E-state index contributed by atoms with van der Waals surface area (Å²) in [5.74, 6) is 0.792. The molecule has 98 valence electrons. The summed E-state index contributed by atoms with van der Waals surface area (Å²) < 4.78 is 5.87. The molecule has 0 aliphatic rings. The first kappa shape index (κ1) is 12.4. The average molecular weight is 261 g/mol. The molecule has 0 atom stereocenters. The number of para-hydroxylation sites is 1. The standard InChI is InChI=1S/C18H15NO/c1-14(15-7-3-2-4-8-15)13-20-17-11-5-9-16-10-6-12-19-18(16)17/h2-12H,1,13H2. The first-order valence-corrected chi connectivity index (χ1v) is 6.54. The lowest BCUT2D eigenvalue weighted by Crippen LogP contribution is -2.00. The Kier molecular flexibility index (Phi) is 3.46. The Balaban J connectivity index is 1.79. The van der Waals surface area contributed by atoms with Crippen LogP contribution in [0.1, 0.15) is 5.56 Å². The Morgan fingerprint density at radius 1 is 0.950 bits per heavy atom. The van der Waals surface area contributed by atoms with Crippen LogP contribution < -0.4 is 4.74 Å². The molecule has 20 heavy (non-hydrogen) atoms. The zero-order valence-corrected chi connectivity index (χ0v) is 11.1. The SMILES string of the molecule is C=C(COc1cccc2cccnc12)c1ccccc1. The zero-order chi connectivity index (χ0) is 13.8. The maximum atomic E-state index is 5.87. The molecule has 0 spiro atoms. The Labute approximate surface area is 118 Å². The second-order valence-electron chi connectivity index (χ2n) is 4.59. The van der Waals surface area contributed by atoms with E-state index in [9.17, 15) is 0 Å². The van der Waals surface area contributed by atoms with Gasteiger partial charge in [0.25, 0.3) is 0 Å². The molecular weight excluding hydrogens is 246 g/mol. The third kappa shape index (κ3) is 2.54. The summed E-state index contributed by atoms with van der Waals surface area (Å²) >= 11 is 0. The van der Waals surface area contributed by atoms with Gasteiger partial charge in [-0.2, -0.15) is 0 Å². The van der Waals surface area contributed by atoms with Crippen LogP contribution in [0.3, 0.4) is 0 Å². The predicted octanol–water partition coefficient (Wildman–Crippen LogP) is 4.33. The lowest BCUT2D eigenvalue weighted by molar-refractivity contribution is 0.374. The first-order chi connectivity index (χ1) is 9.84. The molecule has 0 amide bonds. The topological polar surface area (TPSA) is 22.1 Å². The van der Waals surface area contributed by atoms with Crippen LogP contribution in [0, 0.1) is 0 Å². The number of hydrogen-bond acceptors (Lipinski definition) is 2. The summed E-state index contributed by atoms with van der Waals surface area (Å²) in [7, 11) is 0. The third-order valence-electron chi connectivity index (χ3n) is 3.18. The lowest BCUT2D eigenvalue weighted by Gasteiger charge is -2.10. The van der Waals surface area contributed by atoms with E-state index < -0.39 is 0 Å². The van der Waals surface area contributed by atoms with Crippen molar-refractivity contribution in [2.75, 3.05) is 6.61 Å². The van der Waals surface area contributed by atoms with Gasteiger partial charge in [-0.3, -0.25) is 4.98 Å². The number of aromatic nitrogens is 1. The molecule has 0 aliphatic heterocycles. The molecule has 0 unspecified atom stereocenters. The molecule has 1 heterocycles. The maximum absolute atomic E-state index is 5.87. The van der Waals surface area contributed by atoms with Crippen LogP contribution in [-0.2, 0) is 0 Å². The highest BCUT2D eigenvalue weighted by Crippen LogP contribution is 2.24. The minimum absolute atomic E-state index is 0.458. The van der Waals surface area contributed by atoms with E-state index in [2.05, 4.69) is 11.6 Å². The predicted molar refractivity (Wildman–Crippen MR) is 82.7 cm³/mol. The molecule has 2 nitrogen and oxygen atoms in total. The zero-order valence-electron chi connectivity index (χ0n) is 11.1. The number of nitrogens with zero attached hydrogens (tertiary/aromatic N) is 1. The fourth-order valence-corrected chi connectivity index (χ4v) is 2.11. The molecule has 0 N–H and O–H groups in total. The third-order valence-corrected chi connectivity index (χ3v) is 3.18. The fraction of sp³-hybridized carbons (Fsp3) is 0.0556. The molecule has 0 radical (unpaired) electrons. The summed E-state index contributed by atoms with van der Waals surface area (Å²) in [5.41, 5.74) is 2.94. The highest BCUT2D eigenvalue weighted by molar-refractivity contribution is 5.84. The largest absolute Gasteiger partial charge is 0.487 e. The van der Waals surface area contributed by atoms with Gasteiger partial charge in [-0.1, -0.05) is 55.1 Å². The van der Waals surface area contributed by atoms with Gasteiger partial charge >= 0.3 is 0 Å². The number of rotatable bonds is 4. The van der Waals surface area contributed by atoms with E-state index in [4.69, 9.17) is 4.74 Å². The molecule has 0 saturated carbocycles. The smallest absolute Gasteiger partial charge is 0.146 e. The molecular formula is C18H15NO. The van der Waals surface area contributed by atoms with E-state index in [0.717, 1.165) is 27.8 Å². The van der Waals surface area contributed by atoms with Crippen molar-refractivity contribution in [3.05, 3.63) is 79.0 Å². The lowest BCUT2D eigenvalue weighted by atomic mass is 10.1. The monoisotopic (exact) mass is 261 g/mol. The van der Waals surface area contributed by atoms with Crippen LogP contribution in [0.25, 0.3) is 16.5 Å². The van der Waals surface area contributed by atoms with E-state index in [1.807, 2.05) is 60.7 Å². The van der Waals surface area contributed by atoms with Gasteiger partial charge in [-0.15, -0.1) is 0 Å². The molecule has 0 fully saturated rings. The molecule has 1 aromatic heterocycles. The van der Waals surface area contributed by atoms with E-state index in [1.165, 1.54) is 0 Å². The van der Waals surface area contributed by atoms with Crippen LogP contribution >= 0.6 is 0 Å². The molecule has 3 aromatic rings. The molecule has 0 bridgehead atoms. The highest BCUT2D eigenvalue weighted by atomic mass is 16.5. The number of ether oxygens (including phenoxy) is 1. The van der Waals surface area contributed by atoms with E-state index >= 15 is 0 Å². The molecule has 0 saturated heterocycles. The first-order valence-electron chi connectivity index (χ1n) is 6.54. The fourth-order valence-electron chi connectivity index (χ4n) is 2.11. The van der Waals surface area contributed by atoms with Gasteiger partial charge in [0.05, 0.1) is 0 Å². The number of fused-ring (bicyclic) bond motifs is 1. The second-order valence-corrected chi connectivity index (χ2v) is 4.59. The minimum Gasteiger partial charge on any atom is -0.487 e. The van der Waals surface area contributed by atoms with Crippen molar-refractivity contribution in [3.63, 3.8) is 0 Å². The Hall–Kier alpha value is -2.61. The van der Waals surface area contributed by atoms with Crippen LogP contribution in [0.4, 0.5) is 0 Å². The summed E-state index contributed by atoms with van der Waals surface area (Å²) in [6.45, 7) is 4.53. The quantitative estimate of drug-likeness (QED) is 0.697. The molecule has 2 heteroatoms. The summed E-state index contributed by atoms with van der Waals surface area (Å²) in [5, 5.41) is 1.08. The van der Waals surface area contributed by atoms with Gasteiger partial charge in [0.1, 0.15) is 17.9 Å². The van der Waals surface area contributed by atoms with Crippen LogP contribution in [-0.4, -0.2) is 11.6 Å². The molecule has 3 rings (SSSR count). The van der Waals surface area contributed by atoms with E-state index in [0.29, 0.717) is 6.61 Å². The van der Waals surface area contributed by atoms with Crippen molar-refractivity contribution >= 4 is 16.5 Å². The summed E-state index contributed by atoms with van der Waals surface area (Å²) in [6, 6.07) is 20.0. The van der Waals surface area contributed by atoms with Crippen molar-refractivity contribution in [2.45, 2.75) is 0 Å². The Morgan fingerprint density at radius 3 is 2.60 bits per heavy atom. The van der Waals surface area contributed by atoms with Crippen molar-refractivity contribution in [3.8, 4) is 5.75 Å². The van der Waals surface area contributed by atoms with Gasteiger partial charge in [-0.05, 0) is 23.3 Å². The molecule has 2 aromatic carbocycles. The maximum Gasteiger partial charge on any atom is 0.146 e. The van der Waals surface area contributed by atoms with Crippen LogP contribution in [0.15, 0.2) is 73.4 Å².